The molecule has 0 aliphatic carbocycles. The Morgan fingerprint density at radius 1 is 1.19 bits per heavy atom. The van der Waals surface area contributed by atoms with Crippen molar-refractivity contribution in [3.05, 3.63) is 46.1 Å². The summed E-state index contributed by atoms with van der Waals surface area (Å²) < 4.78 is 31.8. The Hall–Kier alpha value is -2.69. The number of anilines is 2. The first-order chi connectivity index (χ1) is 14.9. The Morgan fingerprint density at radius 3 is 2.71 bits per heavy atom. The monoisotopic (exact) mass is 447 g/mol. The van der Waals surface area contributed by atoms with E-state index in [0.29, 0.717) is 31.4 Å². The minimum absolute atomic E-state index is 0.0730. The number of benzene rings is 1. The third kappa shape index (κ3) is 4.97. The number of hydrogen-bond donors (Lipinski definition) is 2. The molecule has 4 rings (SSSR count). The zero-order valence-electron chi connectivity index (χ0n) is 17.3. The van der Waals surface area contributed by atoms with Crippen molar-refractivity contribution in [2.75, 3.05) is 43.5 Å². The highest BCUT2D eigenvalue weighted by Crippen LogP contribution is 2.33. The molecule has 0 unspecified atom stereocenters. The van der Waals surface area contributed by atoms with Crippen LogP contribution in [0.5, 0.6) is 0 Å². The van der Waals surface area contributed by atoms with E-state index < -0.39 is 17.5 Å². The van der Waals surface area contributed by atoms with Crippen LogP contribution in [0.1, 0.15) is 16.3 Å². The van der Waals surface area contributed by atoms with Crippen molar-refractivity contribution in [3.8, 4) is 0 Å². The molecule has 10 heteroatoms. The van der Waals surface area contributed by atoms with Crippen molar-refractivity contribution in [1.82, 2.24) is 14.9 Å². The molecule has 3 heterocycles. The van der Waals surface area contributed by atoms with Crippen LogP contribution >= 0.6 is 11.3 Å². The minimum atomic E-state index is -1.01. The van der Waals surface area contributed by atoms with Gasteiger partial charge in [-0.15, -0.1) is 11.3 Å². The summed E-state index contributed by atoms with van der Waals surface area (Å²) in [6, 6.07) is 3.23. The zero-order chi connectivity index (χ0) is 22.0. The van der Waals surface area contributed by atoms with Gasteiger partial charge in [-0.05, 0) is 31.5 Å². The summed E-state index contributed by atoms with van der Waals surface area (Å²) in [4.78, 5) is 26.0. The molecule has 0 atom stereocenters. The number of rotatable bonds is 6. The first-order valence-electron chi connectivity index (χ1n) is 9.96. The van der Waals surface area contributed by atoms with E-state index in [2.05, 4.69) is 20.5 Å². The number of nitrogens with one attached hydrogen (secondary N) is 2. The van der Waals surface area contributed by atoms with Crippen LogP contribution < -0.4 is 10.6 Å². The van der Waals surface area contributed by atoms with Gasteiger partial charge in [-0.25, -0.2) is 18.7 Å². The first-order valence-corrected chi connectivity index (χ1v) is 10.8. The molecular weight excluding hydrogens is 424 g/mol. The van der Waals surface area contributed by atoms with Gasteiger partial charge < -0.3 is 15.4 Å². The van der Waals surface area contributed by atoms with Crippen LogP contribution in [0.25, 0.3) is 10.2 Å². The van der Waals surface area contributed by atoms with Crippen LogP contribution in [-0.2, 0) is 16.1 Å². The van der Waals surface area contributed by atoms with Gasteiger partial charge in [0.25, 0.3) is 0 Å². The fourth-order valence-electron chi connectivity index (χ4n) is 3.39. The molecule has 1 saturated heterocycles. The molecule has 0 saturated carbocycles. The number of halogens is 2. The number of hydrogen-bond acceptors (Lipinski definition) is 7. The smallest absolute Gasteiger partial charge is 0.243 e. The number of nitrogens with zero attached hydrogens (tertiary/aromatic N) is 3. The molecule has 2 aromatic heterocycles. The fraction of sp³-hybridized carbons (Fsp3) is 0.381. The van der Waals surface area contributed by atoms with Crippen LogP contribution in [0.3, 0.4) is 0 Å². The topological polar surface area (TPSA) is 79.4 Å². The Kier molecular flexibility index (Phi) is 6.40. The summed E-state index contributed by atoms with van der Waals surface area (Å²) in [6.07, 6.45) is 0. The van der Waals surface area contributed by atoms with Gasteiger partial charge in [0.1, 0.15) is 16.5 Å². The number of carbonyl (C=O) groups excluding carboxylic acids is 1. The van der Waals surface area contributed by atoms with Gasteiger partial charge in [-0.3, -0.25) is 9.69 Å². The Labute approximate surface area is 182 Å². The standard InChI is InChI=1S/C21H23F2N5O2S/c1-12-13(2)31-21-19(12)20(26-17(27-21)11-28-5-7-30-8-6-28)24-10-18(29)25-14-3-4-15(22)16(23)9-14/h3-4,9H,5-8,10-11H2,1-2H3,(H,25,29)(H,24,26,27). The van der Waals surface area contributed by atoms with Gasteiger partial charge >= 0.3 is 0 Å². The van der Waals surface area contributed by atoms with E-state index in [-0.39, 0.29) is 12.2 Å². The Bertz CT molecular complexity index is 1110. The van der Waals surface area contributed by atoms with Crippen LogP contribution in [0.4, 0.5) is 20.3 Å². The molecule has 1 aromatic carbocycles. The highest BCUT2D eigenvalue weighted by molar-refractivity contribution is 7.18. The number of carbonyl (C=O) groups is 1. The molecular formula is C21H23F2N5O2S. The highest BCUT2D eigenvalue weighted by Gasteiger charge is 2.18. The van der Waals surface area contributed by atoms with Crippen molar-refractivity contribution < 1.29 is 18.3 Å². The van der Waals surface area contributed by atoms with Gasteiger partial charge in [-0.2, -0.15) is 0 Å². The maximum atomic E-state index is 13.4. The van der Waals surface area contributed by atoms with E-state index in [1.165, 1.54) is 6.07 Å². The van der Waals surface area contributed by atoms with Crippen LogP contribution in [0.2, 0.25) is 0 Å². The van der Waals surface area contributed by atoms with Gasteiger partial charge in [0.05, 0.1) is 31.7 Å². The van der Waals surface area contributed by atoms with E-state index in [4.69, 9.17) is 9.72 Å². The number of aromatic nitrogens is 2. The molecule has 1 fully saturated rings. The normalized spacial score (nSPS) is 14.7. The largest absolute Gasteiger partial charge is 0.379 e. The lowest BCUT2D eigenvalue weighted by molar-refractivity contribution is -0.114. The van der Waals surface area contributed by atoms with Gasteiger partial charge in [0.2, 0.25) is 5.91 Å². The number of fused-ring (bicyclic) bond motifs is 1. The van der Waals surface area contributed by atoms with Crippen LogP contribution in [0.15, 0.2) is 18.2 Å². The third-order valence-electron chi connectivity index (χ3n) is 5.16. The summed E-state index contributed by atoms with van der Waals surface area (Å²) in [5.74, 6) is -1.09. The number of amides is 1. The predicted octanol–water partition coefficient (Wildman–Crippen LogP) is 3.47. The molecule has 0 radical (unpaired) electrons. The summed E-state index contributed by atoms with van der Waals surface area (Å²) in [5.41, 5.74) is 1.26. The number of aryl methyl sites for hydroxylation is 2. The van der Waals surface area contributed by atoms with E-state index in [1.807, 2.05) is 13.8 Å². The van der Waals surface area contributed by atoms with Gasteiger partial charge in [0, 0.05) is 29.7 Å². The van der Waals surface area contributed by atoms with Gasteiger partial charge in [0.15, 0.2) is 11.6 Å². The van der Waals surface area contributed by atoms with E-state index in [0.717, 1.165) is 45.9 Å². The van der Waals surface area contributed by atoms with Gasteiger partial charge in [-0.1, -0.05) is 0 Å². The maximum Gasteiger partial charge on any atom is 0.243 e. The lowest BCUT2D eigenvalue weighted by Crippen LogP contribution is -2.36. The number of thiophene rings is 1. The summed E-state index contributed by atoms with van der Waals surface area (Å²) in [5, 5.41) is 6.55. The minimum Gasteiger partial charge on any atom is -0.379 e. The molecule has 0 spiro atoms. The fourth-order valence-corrected chi connectivity index (χ4v) is 4.44. The van der Waals surface area contributed by atoms with Crippen LogP contribution in [0, 0.1) is 25.5 Å². The number of morpholine rings is 1. The Balaban J connectivity index is 1.52. The second-order valence-electron chi connectivity index (χ2n) is 7.37. The quantitative estimate of drug-likeness (QED) is 0.603. The second-order valence-corrected chi connectivity index (χ2v) is 8.57. The van der Waals surface area contributed by atoms with Crippen molar-refractivity contribution >= 4 is 39.0 Å². The Morgan fingerprint density at radius 2 is 1.97 bits per heavy atom. The van der Waals surface area contributed by atoms with Crippen molar-refractivity contribution in [2.24, 2.45) is 0 Å². The number of ether oxygens (including phenoxy) is 1. The summed E-state index contributed by atoms with van der Waals surface area (Å²) in [7, 11) is 0. The van der Waals surface area contributed by atoms with E-state index in [1.54, 1.807) is 11.3 Å². The summed E-state index contributed by atoms with van der Waals surface area (Å²) in [6.45, 7) is 7.59. The molecule has 1 aliphatic rings. The lowest BCUT2D eigenvalue weighted by atomic mass is 10.2. The molecule has 2 N–H and O–H groups in total. The molecule has 1 amide bonds. The molecule has 31 heavy (non-hydrogen) atoms. The molecule has 1 aliphatic heterocycles. The SMILES string of the molecule is Cc1sc2nc(CN3CCOCC3)nc(NCC(=O)Nc3ccc(F)c(F)c3)c2c1C. The maximum absolute atomic E-state index is 13.4. The van der Waals surface area contributed by atoms with Crippen LogP contribution in [-0.4, -0.2) is 53.6 Å². The third-order valence-corrected chi connectivity index (χ3v) is 6.26. The molecule has 0 bridgehead atoms. The molecule has 3 aromatic rings. The summed E-state index contributed by atoms with van der Waals surface area (Å²) >= 11 is 1.60. The zero-order valence-corrected chi connectivity index (χ0v) is 18.1. The molecule has 164 valence electrons. The first kappa shape index (κ1) is 21.5. The van der Waals surface area contributed by atoms with Crippen molar-refractivity contribution in [1.29, 1.82) is 0 Å². The van der Waals surface area contributed by atoms with Crippen molar-refractivity contribution in [2.45, 2.75) is 20.4 Å². The second kappa shape index (κ2) is 9.21. The average molecular weight is 448 g/mol. The van der Waals surface area contributed by atoms with E-state index in [9.17, 15) is 13.6 Å². The highest BCUT2D eigenvalue weighted by atomic mass is 32.1. The average Bonchev–Trinajstić information content (AvgIpc) is 3.03. The van der Waals surface area contributed by atoms with E-state index >= 15 is 0 Å². The molecule has 7 nitrogen and oxygen atoms in total. The predicted molar refractivity (Wildman–Crippen MR) is 116 cm³/mol. The lowest BCUT2D eigenvalue weighted by Gasteiger charge is -2.25. The van der Waals surface area contributed by atoms with Crippen molar-refractivity contribution in [3.63, 3.8) is 0 Å².